The smallest absolute Gasteiger partial charge is 0.279 e. The number of nitrogens with zero attached hydrogens (tertiary/aromatic N) is 2. The van der Waals surface area contributed by atoms with Gasteiger partial charge in [-0.3, -0.25) is 0 Å². The number of imidazole rings is 1. The van der Waals surface area contributed by atoms with E-state index in [0.717, 1.165) is 19.5 Å². The zero-order valence-corrected chi connectivity index (χ0v) is 13.2. The molecule has 8 heteroatoms. The number of hydrogen-bond acceptors (Lipinski definition) is 4. The van der Waals surface area contributed by atoms with E-state index in [-0.39, 0.29) is 6.04 Å². The molecule has 3 N–H and O–H groups in total. The molecule has 0 bridgehead atoms. The lowest BCUT2D eigenvalue weighted by molar-refractivity contribution is 0.432. The van der Waals surface area contributed by atoms with E-state index in [1.165, 1.54) is 4.31 Å². The zero-order valence-electron chi connectivity index (χ0n) is 12.4. The van der Waals surface area contributed by atoms with Gasteiger partial charge in [0.05, 0.1) is 6.04 Å². The average molecular weight is 303 g/mol. The number of hydrogen-bond donors (Lipinski definition) is 3. The van der Waals surface area contributed by atoms with Crippen molar-refractivity contribution in [2.75, 3.05) is 26.7 Å². The summed E-state index contributed by atoms with van der Waals surface area (Å²) in [5, 5.41) is 3.17. The molecule has 0 aliphatic rings. The summed E-state index contributed by atoms with van der Waals surface area (Å²) in [6, 6.07) is -0.328. The molecule has 0 aliphatic carbocycles. The molecule has 0 aromatic carbocycles. The summed E-state index contributed by atoms with van der Waals surface area (Å²) in [6.45, 7) is 6.13. The third-order valence-corrected chi connectivity index (χ3v) is 4.62. The van der Waals surface area contributed by atoms with Crippen molar-refractivity contribution in [3.8, 4) is 0 Å². The van der Waals surface area contributed by atoms with Gasteiger partial charge in [0.25, 0.3) is 10.2 Å². The summed E-state index contributed by atoms with van der Waals surface area (Å²) in [5.41, 5.74) is 0. The van der Waals surface area contributed by atoms with Crippen LogP contribution in [-0.2, 0) is 10.2 Å². The van der Waals surface area contributed by atoms with Crippen molar-refractivity contribution >= 4 is 10.2 Å². The lowest BCUT2D eigenvalue weighted by Gasteiger charge is -2.21. The molecule has 0 aliphatic heterocycles. The lowest BCUT2D eigenvalue weighted by Crippen LogP contribution is -2.41. The fraction of sp³-hybridized carbons (Fsp3) is 0.750. The quantitative estimate of drug-likeness (QED) is 0.553. The molecule has 1 rings (SSSR count). The number of H-pyrrole nitrogens is 1. The minimum atomic E-state index is -3.49. The fourth-order valence-electron chi connectivity index (χ4n) is 1.79. The van der Waals surface area contributed by atoms with Crippen LogP contribution in [0.1, 0.15) is 38.6 Å². The van der Waals surface area contributed by atoms with Gasteiger partial charge in [-0.05, 0) is 25.9 Å². The monoisotopic (exact) mass is 303 g/mol. The van der Waals surface area contributed by atoms with Gasteiger partial charge >= 0.3 is 0 Å². The van der Waals surface area contributed by atoms with Gasteiger partial charge in [0.1, 0.15) is 5.82 Å². The minimum Gasteiger partial charge on any atom is -0.347 e. The van der Waals surface area contributed by atoms with Crippen LogP contribution < -0.4 is 10.0 Å². The molecule has 0 amide bonds. The first-order valence-electron chi connectivity index (χ1n) is 6.94. The first-order chi connectivity index (χ1) is 9.51. The average Bonchev–Trinajstić information content (AvgIpc) is 2.94. The maximum atomic E-state index is 12.2. The normalized spacial score (nSPS) is 13.8. The highest BCUT2D eigenvalue weighted by molar-refractivity contribution is 7.87. The Hall–Kier alpha value is -0.960. The Balaban J connectivity index is 2.54. The summed E-state index contributed by atoms with van der Waals surface area (Å²) >= 11 is 0. The molecular formula is C12H25N5O2S. The Morgan fingerprint density at radius 3 is 2.75 bits per heavy atom. The Bertz CT molecular complexity index is 460. The van der Waals surface area contributed by atoms with Gasteiger partial charge in [-0.25, -0.2) is 4.98 Å². The zero-order chi connectivity index (χ0) is 15.0. The van der Waals surface area contributed by atoms with Gasteiger partial charge in [0.2, 0.25) is 0 Å². The van der Waals surface area contributed by atoms with Crippen molar-refractivity contribution in [3.63, 3.8) is 0 Å². The third kappa shape index (κ3) is 5.20. The highest BCUT2D eigenvalue weighted by Crippen LogP contribution is 2.13. The molecular weight excluding hydrogens is 278 g/mol. The predicted octanol–water partition coefficient (Wildman–Crippen LogP) is 0.627. The second-order valence-electron chi connectivity index (χ2n) is 4.59. The second-order valence-corrected chi connectivity index (χ2v) is 6.40. The Morgan fingerprint density at radius 2 is 2.20 bits per heavy atom. The molecule has 7 nitrogen and oxygen atoms in total. The summed E-state index contributed by atoms with van der Waals surface area (Å²) in [5.74, 6) is 0.636. The standard InChI is InChI=1S/C12H25N5O2S/c1-4-11(12-14-8-9-15-12)16-20(18,19)17(3)10-6-7-13-5-2/h8-9,11,13,16H,4-7,10H2,1-3H3,(H,14,15). The molecule has 1 unspecified atom stereocenters. The summed E-state index contributed by atoms with van der Waals surface area (Å²) in [7, 11) is -1.90. The van der Waals surface area contributed by atoms with E-state index in [2.05, 4.69) is 20.0 Å². The first kappa shape index (κ1) is 17.1. The van der Waals surface area contributed by atoms with E-state index in [1.807, 2.05) is 13.8 Å². The van der Waals surface area contributed by atoms with Crippen LogP contribution in [0, 0.1) is 0 Å². The number of rotatable bonds is 10. The molecule has 1 aromatic rings. The van der Waals surface area contributed by atoms with Crippen molar-refractivity contribution in [2.24, 2.45) is 0 Å². The van der Waals surface area contributed by atoms with E-state index in [1.54, 1.807) is 19.4 Å². The Labute approximate surface area is 121 Å². The van der Waals surface area contributed by atoms with Crippen molar-refractivity contribution in [2.45, 2.75) is 32.7 Å². The molecule has 0 spiro atoms. The second kappa shape index (κ2) is 8.35. The van der Waals surface area contributed by atoms with Gasteiger partial charge < -0.3 is 10.3 Å². The summed E-state index contributed by atoms with van der Waals surface area (Å²) in [4.78, 5) is 7.05. The first-order valence-corrected chi connectivity index (χ1v) is 8.38. The summed E-state index contributed by atoms with van der Waals surface area (Å²) < 4.78 is 28.4. The van der Waals surface area contributed by atoms with Gasteiger partial charge in [-0.1, -0.05) is 13.8 Å². The molecule has 0 saturated carbocycles. The molecule has 1 aromatic heterocycles. The molecule has 1 heterocycles. The van der Waals surface area contributed by atoms with Crippen molar-refractivity contribution in [1.82, 2.24) is 24.3 Å². The highest BCUT2D eigenvalue weighted by Gasteiger charge is 2.23. The van der Waals surface area contributed by atoms with E-state index >= 15 is 0 Å². The SMILES string of the molecule is CCNCCCN(C)S(=O)(=O)NC(CC)c1ncc[nH]1. The highest BCUT2D eigenvalue weighted by atomic mass is 32.2. The number of aromatic nitrogens is 2. The molecule has 20 heavy (non-hydrogen) atoms. The van der Waals surface area contributed by atoms with Crippen molar-refractivity contribution in [3.05, 3.63) is 18.2 Å². The minimum absolute atomic E-state index is 0.328. The van der Waals surface area contributed by atoms with E-state index in [4.69, 9.17) is 0 Å². The predicted molar refractivity (Wildman–Crippen MR) is 79.5 cm³/mol. The maximum Gasteiger partial charge on any atom is 0.279 e. The van der Waals surface area contributed by atoms with Crippen molar-refractivity contribution < 1.29 is 8.42 Å². The van der Waals surface area contributed by atoms with Crippen molar-refractivity contribution in [1.29, 1.82) is 0 Å². The Morgan fingerprint density at radius 1 is 1.45 bits per heavy atom. The van der Waals surface area contributed by atoms with Gasteiger partial charge in [-0.15, -0.1) is 0 Å². The van der Waals surface area contributed by atoms with Gasteiger partial charge in [-0.2, -0.15) is 17.4 Å². The molecule has 0 radical (unpaired) electrons. The van der Waals surface area contributed by atoms with E-state index in [9.17, 15) is 8.42 Å². The third-order valence-electron chi connectivity index (χ3n) is 3.04. The van der Waals surface area contributed by atoms with Gasteiger partial charge in [0, 0.05) is 26.0 Å². The van der Waals surface area contributed by atoms with E-state index in [0.29, 0.717) is 18.8 Å². The number of nitrogens with one attached hydrogen (secondary N) is 3. The van der Waals surface area contributed by atoms with E-state index < -0.39 is 10.2 Å². The summed E-state index contributed by atoms with van der Waals surface area (Å²) in [6.07, 6.45) is 4.72. The Kier molecular flexibility index (Phi) is 7.14. The maximum absolute atomic E-state index is 12.2. The van der Waals surface area contributed by atoms with Crippen LogP contribution in [0.4, 0.5) is 0 Å². The van der Waals surface area contributed by atoms with Gasteiger partial charge in [0.15, 0.2) is 0 Å². The van der Waals surface area contributed by atoms with Crippen LogP contribution in [-0.4, -0.2) is 49.4 Å². The molecule has 116 valence electrons. The van der Waals surface area contributed by atoms with Crippen LogP contribution in [0.5, 0.6) is 0 Å². The number of aromatic amines is 1. The van der Waals surface area contributed by atoms with Crippen LogP contribution in [0.2, 0.25) is 0 Å². The lowest BCUT2D eigenvalue weighted by atomic mass is 10.2. The topological polar surface area (TPSA) is 90.1 Å². The van der Waals surface area contributed by atoms with Crippen LogP contribution in [0.3, 0.4) is 0 Å². The van der Waals surface area contributed by atoms with Crippen LogP contribution >= 0.6 is 0 Å². The molecule has 0 fully saturated rings. The van der Waals surface area contributed by atoms with Crippen LogP contribution in [0.25, 0.3) is 0 Å². The van der Waals surface area contributed by atoms with Crippen LogP contribution in [0.15, 0.2) is 12.4 Å². The largest absolute Gasteiger partial charge is 0.347 e. The fourth-order valence-corrected chi connectivity index (χ4v) is 2.98. The molecule has 0 saturated heterocycles. The molecule has 1 atom stereocenters.